The Balaban J connectivity index is 1.09. The van der Waals surface area contributed by atoms with Crippen molar-refractivity contribution >= 4 is 66.5 Å². The van der Waals surface area contributed by atoms with E-state index in [4.69, 9.17) is 9.40 Å². The van der Waals surface area contributed by atoms with Crippen LogP contribution in [0.2, 0.25) is 0 Å². The van der Waals surface area contributed by atoms with E-state index in [1.54, 1.807) is 6.26 Å². The van der Waals surface area contributed by atoms with Crippen LogP contribution in [-0.2, 0) is 0 Å². The average molecular weight is 657 g/mol. The fourth-order valence-corrected chi connectivity index (χ4v) is 7.80. The number of fused-ring (bicyclic) bond motifs is 7. The predicted molar refractivity (Wildman–Crippen MR) is 212 cm³/mol. The zero-order valence-electron chi connectivity index (χ0n) is 28.0. The summed E-state index contributed by atoms with van der Waals surface area (Å²) in [5.41, 5.74) is 11.4. The molecule has 0 radical (unpaired) electrons. The maximum atomic E-state index is 6.00. The van der Waals surface area contributed by atoms with Gasteiger partial charge in [0.25, 0.3) is 0 Å². The minimum atomic E-state index is 0.836. The first-order chi connectivity index (χ1) is 25.2. The van der Waals surface area contributed by atoms with Crippen LogP contribution in [0.15, 0.2) is 169 Å². The molecule has 0 N–H and O–H groups in total. The third-order valence-electron chi connectivity index (χ3n) is 10.1. The molecule has 0 saturated carbocycles. The molecule has 0 aliphatic carbocycles. The van der Waals surface area contributed by atoms with Gasteiger partial charge in [-0.25, -0.2) is 4.98 Å². The Morgan fingerprint density at radius 3 is 1.94 bits per heavy atom. The minimum absolute atomic E-state index is 0.836. The van der Waals surface area contributed by atoms with Gasteiger partial charge >= 0.3 is 0 Å². The zero-order valence-corrected chi connectivity index (χ0v) is 28.0. The van der Waals surface area contributed by atoms with Crippen LogP contribution < -0.4 is 0 Å². The van der Waals surface area contributed by atoms with E-state index >= 15 is 0 Å². The standard InChI is InChI=1S/C46H32N4O/c1-30(48-42-21-8-4-16-35(42)36-17-5-9-22-43(36)48)25-26-40-31(2)34-15-3-7-20-41(34)50(40)45-24-12-19-39(47-45)32-13-11-14-33(29-32)49-44-23-10-6-18-37(44)38-27-28-51-46(38)49/h3-29H,1H2,2H3/b26-25-. The molecule has 10 rings (SSSR count). The van der Waals surface area contributed by atoms with Crippen LogP contribution >= 0.6 is 0 Å². The van der Waals surface area contributed by atoms with Gasteiger partial charge in [0.05, 0.1) is 39.7 Å². The lowest BCUT2D eigenvalue weighted by atomic mass is 10.1. The summed E-state index contributed by atoms with van der Waals surface area (Å²) in [6.07, 6.45) is 6.07. The molecular formula is C46H32N4O. The molecule has 0 amide bonds. The largest absolute Gasteiger partial charge is 0.447 e. The highest BCUT2D eigenvalue weighted by molar-refractivity contribution is 6.10. The Hall–Kier alpha value is -6.85. The van der Waals surface area contributed by atoms with E-state index in [-0.39, 0.29) is 0 Å². The van der Waals surface area contributed by atoms with Gasteiger partial charge in [0.15, 0.2) is 0 Å². The van der Waals surface area contributed by atoms with E-state index in [0.29, 0.717) is 0 Å². The van der Waals surface area contributed by atoms with E-state index in [1.165, 1.54) is 27.1 Å². The Labute approximate surface area is 294 Å². The molecule has 51 heavy (non-hydrogen) atoms. The lowest BCUT2D eigenvalue weighted by molar-refractivity contribution is 0.596. The Kier molecular flexibility index (Phi) is 6.48. The molecule has 0 spiro atoms. The van der Waals surface area contributed by atoms with Crippen LogP contribution in [0.4, 0.5) is 0 Å². The highest BCUT2D eigenvalue weighted by atomic mass is 16.3. The molecule has 5 heterocycles. The van der Waals surface area contributed by atoms with Crippen LogP contribution in [0.5, 0.6) is 0 Å². The Morgan fingerprint density at radius 1 is 0.608 bits per heavy atom. The summed E-state index contributed by atoms with van der Waals surface area (Å²) in [5.74, 6) is 0.851. The number of rotatable bonds is 6. The first-order valence-electron chi connectivity index (χ1n) is 17.2. The number of aromatic nitrogens is 4. The van der Waals surface area contributed by atoms with Crippen molar-refractivity contribution in [1.82, 2.24) is 18.7 Å². The molecule has 5 aromatic heterocycles. The van der Waals surface area contributed by atoms with E-state index in [9.17, 15) is 0 Å². The third-order valence-corrected chi connectivity index (χ3v) is 10.1. The number of benzene rings is 5. The molecule has 10 aromatic rings. The molecule has 0 aliphatic heterocycles. The smallest absolute Gasteiger partial charge is 0.212 e. The Morgan fingerprint density at radius 2 is 1.22 bits per heavy atom. The van der Waals surface area contributed by atoms with Crippen LogP contribution in [0.25, 0.3) is 89.2 Å². The summed E-state index contributed by atoms with van der Waals surface area (Å²) in [4.78, 5) is 5.30. The van der Waals surface area contributed by atoms with E-state index in [0.717, 1.165) is 67.3 Å². The lowest BCUT2D eigenvalue weighted by Crippen LogP contribution is -2.01. The lowest BCUT2D eigenvalue weighted by Gasteiger charge is -2.12. The number of nitrogens with zero attached hydrogens (tertiary/aromatic N) is 4. The van der Waals surface area contributed by atoms with Gasteiger partial charge in [-0.05, 0) is 79.2 Å². The van der Waals surface area contributed by atoms with Crippen molar-refractivity contribution < 1.29 is 4.42 Å². The maximum Gasteiger partial charge on any atom is 0.212 e. The quantitative estimate of drug-likeness (QED) is 0.167. The van der Waals surface area contributed by atoms with E-state index in [1.807, 2.05) is 6.07 Å². The Bertz CT molecular complexity index is 2960. The van der Waals surface area contributed by atoms with Gasteiger partial charge in [0.1, 0.15) is 5.82 Å². The molecule has 5 heteroatoms. The second-order valence-corrected chi connectivity index (χ2v) is 13.0. The van der Waals surface area contributed by atoms with Gasteiger partial charge in [0.2, 0.25) is 5.71 Å². The number of furan rings is 1. The molecular weight excluding hydrogens is 625 g/mol. The number of hydrogen-bond donors (Lipinski definition) is 0. The molecule has 5 aromatic carbocycles. The van der Waals surface area contributed by atoms with Crippen molar-refractivity contribution in [2.45, 2.75) is 6.92 Å². The summed E-state index contributed by atoms with van der Waals surface area (Å²) >= 11 is 0. The summed E-state index contributed by atoms with van der Waals surface area (Å²) in [5, 5.41) is 5.90. The third kappa shape index (κ3) is 4.45. The predicted octanol–water partition coefficient (Wildman–Crippen LogP) is 12.0. The highest BCUT2D eigenvalue weighted by Crippen LogP contribution is 2.36. The summed E-state index contributed by atoms with van der Waals surface area (Å²) in [7, 11) is 0. The second kappa shape index (κ2) is 11.4. The van der Waals surface area contributed by atoms with Crippen molar-refractivity contribution in [2.75, 3.05) is 0 Å². The minimum Gasteiger partial charge on any atom is -0.447 e. The topological polar surface area (TPSA) is 40.8 Å². The molecule has 0 bridgehead atoms. The van der Waals surface area contributed by atoms with E-state index < -0.39 is 0 Å². The summed E-state index contributed by atoms with van der Waals surface area (Å²) in [6.45, 7) is 6.74. The highest BCUT2D eigenvalue weighted by Gasteiger charge is 2.18. The molecule has 5 nitrogen and oxygen atoms in total. The molecule has 0 atom stereocenters. The van der Waals surface area contributed by atoms with Gasteiger partial charge in [-0.3, -0.25) is 9.13 Å². The number of hydrogen-bond acceptors (Lipinski definition) is 2. The number of pyridine rings is 1. The van der Waals surface area contributed by atoms with Crippen molar-refractivity contribution in [3.05, 3.63) is 176 Å². The normalized spacial score (nSPS) is 12.0. The zero-order chi connectivity index (χ0) is 34.1. The molecule has 0 fully saturated rings. The maximum absolute atomic E-state index is 6.00. The SMILES string of the molecule is C=C(/C=C\c1c(C)c2ccccc2n1-c1cccc(-c2cccc(-n3c4ccccc4c4ccoc43)c2)n1)n1c2ccccc2c2ccccc21. The molecule has 0 unspecified atom stereocenters. The van der Waals surface area contributed by atoms with Crippen molar-refractivity contribution in [2.24, 2.45) is 0 Å². The average Bonchev–Trinajstić information content (AvgIpc) is 3.93. The van der Waals surface area contributed by atoms with Gasteiger partial charge < -0.3 is 8.98 Å². The fourth-order valence-electron chi connectivity index (χ4n) is 7.80. The number of allylic oxidation sites excluding steroid dienone is 2. The summed E-state index contributed by atoms with van der Waals surface area (Å²) in [6, 6.07) is 50.8. The fraction of sp³-hybridized carbons (Fsp3) is 0.0217. The van der Waals surface area contributed by atoms with Crippen LogP contribution in [-0.4, -0.2) is 18.7 Å². The van der Waals surface area contributed by atoms with E-state index in [2.05, 4.69) is 179 Å². The van der Waals surface area contributed by atoms with Crippen LogP contribution in [0.1, 0.15) is 11.3 Å². The second-order valence-electron chi connectivity index (χ2n) is 13.0. The monoisotopic (exact) mass is 656 g/mol. The number of para-hydroxylation sites is 4. The number of aryl methyl sites for hydroxylation is 1. The van der Waals surface area contributed by atoms with Crippen molar-refractivity contribution in [3.8, 4) is 22.8 Å². The van der Waals surface area contributed by atoms with Gasteiger partial charge in [-0.1, -0.05) is 97.6 Å². The summed E-state index contributed by atoms with van der Waals surface area (Å²) < 4.78 is 12.7. The first-order valence-corrected chi connectivity index (χ1v) is 17.2. The van der Waals surface area contributed by atoms with Crippen molar-refractivity contribution in [3.63, 3.8) is 0 Å². The molecule has 0 aliphatic rings. The molecule has 242 valence electrons. The van der Waals surface area contributed by atoms with Gasteiger partial charge in [-0.2, -0.15) is 0 Å². The van der Waals surface area contributed by atoms with Gasteiger partial charge in [-0.15, -0.1) is 0 Å². The van der Waals surface area contributed by atoms with Crippen molar-refractivity contribution in [1.29, 1.82) is 0 Å². The van der Waals surface area contributed by atoms with Crippen LogP contribution in [0, 0.1) is 6.92 Å². The van der Waals surface area contributed by atoms with Crippen LogP contribution in [0.3, 0.4) is 0 Å². The first kappa shape index (κ1) is 29.1. The van der Waals surface area contributed by atoms with Gasteiger partial charge in [0, 0.05) is 43.9 Å². The molecule has 0 saturated heterocycles.